The molecule has 1 fully saturated rings. The van der Waals surface area contributed by atoms with E-state index in [9.17, 15) is 4.79 Å². The van der Waals surface area contributed by atoms with Gasteiger partial charge < -0.3 is 14.8 Å². The molecule has 1 unspecified atom stereocenters. The summed E-state index contributed by atoms with van der Waals surface area (Å²) in [7, 11) is 2.09. The highest BCUT2D eigenvalue weighted by atomic mass is 16.1. The molecular weight excluding hydrogens is 394 g/mol. The fourth-order valence-corrected chi connectivity index (χ4v) is 4.89. The topological polar surface area (TPSA) is 37.3 Å². The molecule has 170 valence electrons. The Morgan fingerprint density at radius 1 is 1.03 bits per heavy atom. The lowest BCUT2D eigenvalue weighted by molar-refractivity contribution is -0.121. The van der Waals surface area contributed by atoms with E-state index in [1.807, 2.05) is 0 Å². The van der Waals surface area contributed by atoms with E-state index in [1.54, 1.807) is 0 Å². The van der Waals surface area contributed by atoms with Gasteiger partial charge in [-0.25, -0.2) is 0 Å². The second-order valence-electron chi connectivity index (χ2n) is 10.2. The van der Waals surface area contributed by atoms with Crippen LogP contribution < -0.4 is 5.32 Å². The molecule has 1 aromatic heterocycles. The van der Waals surface area contributed by atoms with Crippen molar-refractivity contribution in [2.24, 2.45) is 7.05 Å². The van der Waals surface area contributed by atoms with Crippen LogP contribution in [0.25, 0.3) is 10.9 Å². The van der Waals surface area contributed by atoms with E-state index in [1.165, 1.54) is 40.4 Å². The average molecular weight is 432 g/mol. The summed E-state index contributed by atoms with van der Waals surface area (Å²) in [4.78, 5) is 15.4. The highest BCUT2D eigenvalue weighted by Crippen LogP contribution is 2.35. The van der Waals surface area contributed by atoms with E-state index < -0.39 is 0 Å². The Morgan fingerprint density at radius 3 is 2.41 bits per heavy atom. The largest absolute Gasteiger partial charge is 0.355 e. The first kappa shape index (κ1) is 22.6. The van der Waals surface area contributed by atoms with Gasteiger partial charge in [-0.3, -0.25) is 4.79 Å². The summed E-state index contributed by atoms with van der Waals surface area (Å²) in [5.41, 5.74) is 5.05. The predicted octanol–water partition coefficient (Wildman–Crippen LogP) is 5.21. The van der Waals surface area contributed by atoms with E-state index in [2.05, 4.69) is 97.3 Å². The molecule has 0 bridgehead atoms. The summed E-state index contributed by atoms with van der Waals surface area (Å²) in [6.45, 7) is 10.7. The van der Waals surface area contributed by atoms with Gasteiger partial charge in [0.05, 0.1) is 0 Å². The van der Waals surface area contributed by atoms with Gasteiger partial charge >= 0.3 is 0 Å². The van der Waals surface area contributed by atoms with Gasteiger partial charge in [-0.2, -0.15) is 0 Å². The number of likely N-dealkylation sites (tertiary alicyclic amines) is 1. The van der Waals surface area contributed by atoms with Crippen molar-refractivity contribution < 1.29 is 4.79 Å². The number of rotatable bonds is 7. The third-order valence-electron chi connectivity index (χ3n) is 6.82. The Morgan fingerprint density at radius 2 is 1.72 bits per heavy atom. The quantitative estimate of drug-likeness (QED) is 0.558. The smallest absolute Gasteiger partial charge is 0.220 e. The minimum absolute atomic E-state index is 0.0295. The fourth-order valence-electron chi connectivity index (χ4n) is 4.89. The van der Waals surface area contributed by atoms with Crippen molar-refractivity contribution in [2.45, 2.75) is 51.4 Å². The van der Waals surface area contributed by atoms with Crippen molar-refractivity contribution in [1.29, 1.82) is 0 Å². The summed E-state index contributed by atoms with van der Waals surface area (Å²) >= 11 is 0. The molecule has 3 aromatic rings. The number of nitrogens with one attached hydrogen (secondary N) is 1. The molecule has 1 atom stereocenters. The van der Waals surface area contributed by atoms with E-state index >= 15 is 0 Å². The van der Waals surface area contributed by atoms with Crippen molar-refractivity contribution in [1.82, 2.24) is 14.8 Å². The number of amides is 1. The normalized spacial score (nSPS) is 15.9. The lowest BCUT2D eigenvalue weighted by atomic mass is 9.83. The Bertz CT molecular complexity index is 1050. The second kappa shape index (κ2) is 9.50. The van der Waals surface area contributed by atoms with Crippen LogP contribution in [-0.2, 0) is 17.3 Å². The molecule has 1 N–H and O–H groups in total. The number of carbonyl (C=O) groups excluding carboxylic acids is 1. The number of carbonyl (C=O) groups is 1. The maximum atomic E-state index is 13.0. The molecule has 1 amide bonds. The molecule has 32 heavy (non-hydrogen) atoms. The molecule has 2 heterocycles. The molecule has 1 aliphatic rings. The van der Waals surface area contributed by atoms with Crippen molar-refractivity contribution in [3.63, 3.8) is 0 Å². The van der Waals surface area contributed by atoms with Gasteiger partial charge in [0.25, 0.3) is 0 Å². The van der Waals surface area contributed by atoms with Gasteiger partial charge in [0.1, 0.15) is 0 Å². The van der Waals surface area contributed by atoms with Crippen molar-refractivity contribution >= 4 is 16.8 Å². The lowest BCUT2D eigenvalue weighted by Crippen LogP contribution is -2.34. The van der Waals surface area contributed by atoms with E-state index in [-0.39, 0.29) is 17.2 Å². The first-order chi connectivity index (χ1) is 15.3. The SMILES string of the molecule is Cn1cc(C(CC(=O)NCCN2CCCC2)c2ccc(C(C)(C)C)cc2)c2ccccc21. The Balaban J connectivity index is 1.58. The van der Waals surface area contributed by atoms with E-state index in [0.717, 1.165) is 26.2 Å². The van der Waals surface area contributed by atoms with E-state index in [4.69, 9.17) is 0 Å². The third kappa shape index (κ3) is 5.07. The molecule has 4 nitrogen and oxygen atoms in total. The molecule has 4 rings (SSSR count). The number of fused-ring (bicyclic) bond motifs is 1. The molecule has 0 radical (unpaired) electrons. The predicted molar refractivity (Wildman–Crippen MR) is 133 cm³/mol. The monoisotopic (exact) mass is 431 g/mol. The Hall–Kier alpha value is -2.59. The van der Waals surface area contributed by atoms with Gasteiger partial charge in [0.2, 0.25) is 5.91 Å². The third-order valence-corrected chi connectivity index (χ3v) is 6.82. The van der Waals surface area contributed by atoms with Crippen LogP contribution in [0, 0.1) is 0 Å². The molecule has 0 spiro atoms. The first-order valence-electron chi connectivity index (χ1n) is 12.0. The fraction of sp³-hybridized carbons (Fsp3) is 0.464. The van der Waals surface area contributed by atoms with Crippen LogP contribution >= 0.6 is 0 Å². The number of benzene rings is 2. The van der Waals surface area contributed by atoms with Gasteiger partial charge in [0, 0.05) is 49.6 Å². The van der Waals surface area contributed by atoms with E-state index in [0.29, 0.717) is 6.42 Å². The van der Waals surface area contributed by atoms with Gasteiger partial charge in [-0.15, -0.1) is 0 Å². The summed E-state index contributed by atoms with van der Waals surface area (Å²) in [5.74, 6) is 0.156. The maximum Gasteiger partial charge on any atom is 0.220 e. The summed E-state index contributed by atoms with van der Waals surface area (Å²) in [6.07, 6.45) is 5.22. The minimum Gasteiger partial charge on any atom is -0.355 e. The van der Waals surface area contributed by atoms with Gasteiger partial charge in [0.15, 0.2) is 0 Å². The van der Waals surface area contributed by atoms with Crippen LogP contribution in [-0.4, -0.2) is 41.6 Å². The Labute approximate surface area is 192 Å². The van der Waals surface area contributed by atoms with Crippen LogP contribution in [0.15, 0.2) is 54.7 Å². The number of hydrogen-bond acceptors (Lipinski definition) is 2. The molecule has 2 aromatic carbocycles. The molecular formula is C28H37N3O. The zero-order valence-electron chi connectivity index (χ0n) is 20.0. The number of hydrogen-bond donors (Lipinski definition) is 1. The summed E-state index contributed by atoms with van der Waals surface area (Å²) < 4.78 is 2.17. The molecule has 4 heteroatoms. The van der Waals surface area contributed by atoms with Crippen LogP contribution in [0.2, 0.25) is 0 Å². The first-order valence-corrected chi connectivity index (χ1v) is 12.0. The van der Waals surface area contributed by atoms with Crippen LogP contribution in [0.3, 0.4) is 0 Å². The zero-order chi connectivity index (χ0) is 22.7. The number of aromatic nitrogens is 1. The molecule has 1 aliphatic heterocycles. The van der Waals surface area contributed by atoms with Crippen LogP contribution in [0.5, 0.6) is 0 Å². The summed E-state index contributed by atoms with van der Waals surface area (Å²) in [5, 5.41) is 4.41. The van der Waals surface area contributed by atoms with Crippen molar-refractivity contribution in [3.05, 3.63) is 71.4 Å². The highest BCUT2D eigenvalue weighted by molar-refractivity contribution is 5.86. The minimum atomic E-state index is 0.0295. The van der Waals surface area contributed by atoms with Crippen molar-refractivity contribution in [2.75, 3.05) is 26.2 Å². The lowest BCUT2D eigenvalue weighted by Gasteiger charge is -2.22. The number of aryl methyl sites for hydroxylation is 1. The van der Waals surface area contributed by atoms with Gasteiger partial charge in [-0.05, 0) is 54.1 Å². The van der Waals surface area contributed by atoms with Gasteiger partial charge in [-0.1, -0.05) is 63.2 Å². The van der Waals surface area contributed by atoms with Crippen molar-refractivity contribution in [3.8, 4) is 0 Å². The van der Waals surface area contributed by atoms with Crippen LogP contribution in [0.1, 0.15) is 62.6 Å². The number of nitrogens with zero attached hydrogens (tertiary/aromatic N) is 2. The molecule has 0 aliphatic carbocycles. The standard InChI is InChI=1S/C28H37N3O/c1-28(2,3)22-13-11-21(12-14-22)24(19-27(32)29-15-18-31-16-7-8-17-31)25-20-30(4)26-10-6-5-9-23(25)26/h5-6,9-14,20,24H,7-8,15-19H2,1-4H3,(H,29,32). The second-order valence-corrected chi connectivity index (χ2v) is 10.2. The zero-order valence-corrected chi connectivity index (χ0v) is 20.0. The summed E-state index contributed by atoms with van der Waals surface area (Å²) in [6, 6.07) is 17.3. The highest BCUT2D eigenvalue weighted by Gasteiger charge is 2.23. The molecule has 0 saturated carbocycles. The van der Waals surface area contributed by atoms with Crippen LogP contribution in [0.4, 0.5) is 0 Å². The maximum absolute atomic E-state index is 13.0. The number of para-hydroxylation sites is 1. The average Bonchev–Trinajstić information content (AvgIpc) is 3.40. The Kier molecular flexibility index (Phi) is 6.71. The molecule has 1 saturated heterocycles.